The van der Waals surface area contributed by atoms with E-state index in [0.717, 1.165) is 12.3 Å². The van der Waals surface area contributed by atoms with Gasteiger partial charge >= 0.3 is 0 Å². The highest BCUT2D eigenvalue weighted by Gasteiger charge is 2.23. The van der Waals surface area contributed by atoms with Gasteiger partial charge in [0.25, 0.3) is 0 Å². The monoisotopic (exact) mass is 249 g/mol. The molecule has 1 heterocycles. The van der Waals surface area contributed by atoms with Crippen LogP contribution in [-0.2, 0) is 0 Å². The summed E-state index contributed by atoms with van der Waals surface area (Å²) in [7, 11) is 4.00. The number of ether oxygens (including phenoxy) is 2. The Labute approximate surface area is 107 Å². The summed E-state index contributed by atoms with van der Waals surface area (Å²) in [5, 5.41) is 0. The van der Waals surface area contributed by atoms with Crippen LogP contribution in [0.5, 0.6) is 11.5 Å². The van der Waals surface area contributed by atoms with E-state index in [0.29, 0.717) is 24.3 Å². The molecule has 1 aromatic rings. The lowest BCUT2D eigenvalue weighted by atomic mass is 10.0. The van der Waals surface area contributed by atoms with Gasteiger partial charge in [0.1, 0.15) is 24.2 Å². The lowest BCUT2D eigenvalue weighted by Crippen LogP contribution is -2.24. The van der Waals surface area contributed by atoms with E-state index < -0.39 is 0 Å². The van der Waals surface area contributed by atoms with Gasteiger partial charge in [-0.25, -0.2) is 0 Å². The van der Waals surface area contributed by atoms with Crippen molar-refractivity contribution in [2.45, 2.75) is 19.4 Å². The largest absolute Gasteiger partial charge is 0.492 e. The van der Waals surface area contributed by atoms with Gasteiger partial charge in [-0.05, 0) is 33.2 Å². The second-order valence-corrected chi connectivity index (χ2v) is 4.87. The molecule has 0 aliphatic carbocycles. The van der Waals surface area contributed by atoms with Crippen molar-refractivity contribution in [3.63, 3.8) is 0 Å². The van der Waals surface area contributed by atoms with Crippen molar-refractivity contribution in [3.05, 3.63) is 23.8 Å². The summed E-state index contributed by atoms with van der Waals surface area (Å²) in [6, 6.07) is 5.42. The molecule has 0 N–H and O–H groups in total. The van der Waals surface area contributed by atoms with Gasteiger partial charge in [-0.3, -0.25) is 4.79 Å². The number of hydrogen-bond donors (Lipinski definition) is 0. The molecule has 0 saturated carbocycles. The Morgan fingerprint density at radius 3 is 2.94 bits per heavy atom. The highest BCUT2D eigenvalue weighted by atomic mass is 16.5. The molecule has 18 heavy (non-hydrogen) atoms. The van der Waals surface area contributed by atoms with E-state index in [2.05, 4.69) is 4.90 Å². The summed E-state index contributed by atoms with van der Waals surface area (Å²) in [4.78, 5) is 13.8. The van der Waals surface area contributed by atoms with E-state index in [9.17, 15) is 4.79 Å². The average Bonchev–Trinajstić information content (AvgIpc) is 2.27. The van der Waals surface area contributed by atoms with E-state index in [1.165, 1.54) is 0 Å². The summed E-state index contributed by atoms with van der Waals surface area (Å²) in [5.74, 6) is 1.53. The molecular formula is C14H19NO3. The van der Waals surface area contributed by atoms with Crippen LogP contribution in [0.1, 0.15) is 23.7 Å². The summed E-state index contributed by atoms with van der Waals surface area (Å²) in [6.45, 7) is 3.38. The summed E-state index contributed by atoms with van der Waals surface area (Å²) < 4.78 is 11.3. The van der Waals surface area contributed by atoms with Crippen molar-refractivity contribution in [1.29, 1.82) is 0 Å². The molecule has 98 valence electrons. The van der Waals surface area contributed by atoms with Crippen molar-refractivity contribution in [3.8, 4) is 11.5 Å². The van der Waals surface area contributed by atoms with E-state index in [1.807, 2.05) is 27.1 Å². The van der Waals surface area contributed by atoms with Crippen LogP contribution in [0.15, 0.2) is 18.2 Å². The summed E-state index contributed by atoms with van der Waals surface area (Å²) in [5.41, 5.74) is 0.660. The van der Waals surface area contributed by atoms with Crippen molar-refractivity contribution in [2.75, 3.05) is 27.2 Å². The fourth-order valence-corrected chi connectivity index (χ4v) is 1.90. The first kappa shape index (κ1) is 12.9. The molecule has 2 rings (SSSR count). The maximum absolute atomic E-state index is 11.8. The Hall–Kier alpha value is -1.55. The highest BCUT2D eigenvalue weighted by molar-refractivity contribution is 6.00. The van der Waals surface area contributed by atoms with Gasteiger partial charge in [0.2, 0.25) is 0 Å². The third-order valence-corrected chi connectivity index (χ3v) is 2.86. The number of hydrogen-bond acceptors (Lipinski definition) is 4. The smallest absolute Gasteiger partial charge is 0.170 e. The van der Waals surface area contributed by atoms with Gasteiger partial charge in [0.15, 0.2) is 5.78 Å². The van der Waals surface area contributed by atoms with Crippen LogP contribution in [-0.4, -0.2) is 44.0 Å². The SMILES string of the molecule is CC1CC(=O)c2ccc(OCCN(C)C)cc2O1. The zero-order chi connectivity index (χ0) is 13.1. The van der Waals surface area contributed by atoms with Crippen LogP contribution in [0, 0.1) is 0 Å². The maximum Gasteiger partial charge on any atom is 0.170 e. The molecule has 1 aromatic carbocycles. The minimum Gasteiger partial charge on any atom is -0.492 e. The molecule has 0 spiro atoms. The first-order valence-corrected chi connectivity index (χ1v) is 6.17. The highest BCUT2D eigenvalue weighted by Crippen LogP contribution is 2.31. The predicted octanol–water partition coefficient (Wildman–Crippen LogP) is 1.98. The van der Waals surface area contributed by atoms with Crippen LogP contribution in [0.25, 0.3) is 0 Å². The number of Topliss-reactive ketones (excluding diaryl/α,β-unsaturated/α-hetero) is 1. The number of benzene rings is 1. The zero-order valence-corrected chi connectivity index (χ0v) is 11.1. The third kappa shape index (κ3) is 3.01. The molecule has 1 unspecified atom stereocenters. The molecule has 0 fully saturated rings. The Morgan fingerprint density at radius 1 is 1.44 bits per heavy atom. The first-order valence-electron chi connectivity index (χ1n) is 6.17. The minimum atomic E-state index is -0.0537. The van der Waals surface area contributed by atoms with E-state index in [1.54, 1.807) is 12.1 Å². The normalized spacial score (nSPS) is 18.4. The van der Waals surface area contributed by atoms with E-state index in [4.69, 9.17) is 9.47 Å². The van der Waals surface area contributed by atoms with Crippen molar-refractivity contribution >= 4 is 5.78 Å². The van der Waals surface area contributed by atoms with Crippen LogP contribution in [0.4, 0.5) is 0 Å². The molecule has 1 atom stereocenters. The molecule has 4 heteroatoms. The van der Waals surface area contributed by atoms with Crippen LogP contribution < -0.4 is 9.47 Å². The molecule has 0 bridgehead atoms. The van der Waals surface area contributed by atoms with Crippen LogP contribution in [0.3, 0.4) is 0 Å². The molecule has 0 amide bonds. The minimum absolute atomic E-state index is 0.0537. The molecule has 1 aliphatic rings. The Bertz CT molecular complexity index is 443. The third-order valence-electron chi connectivity index (χ3n) is 2.86. The Balaban J connectivity index is 2.07. The molecule has 1 aliphatic heterocycles. The number of nitrogens with zero attached hydrogens (tertiary/aromatic N) is 1. The number of fused-ring (bicyclic) bond motifs is 1. The number of rotatable bonds is 4. The molecule has 0 aromatic heterocycles. The predicted molar refractivity (Wildman–Crippen MR) is 69.5 cm³/mol. The molecular weight excluding hydrogens is 230 g/mol. The van der Waals surface area contributed by atoms with E-state index >= 15 is 0 Å². The summed E-state index contributed by atoms with van der Waals surface area (Å²) >= 11 is 0. The van der Waals surface area contributed by atoms with Crippen molar-refractivity contribution < 1.29 is 14.3 Å². The fourth-order valence-electron chi connectivity index (χ4n) is 1.90. The van der Waals surface area contributed by atoms with Gasteiger partial charge in [-0.15, -0.1) is 0 Å². The first-order chi connectivity index (χ1) is 8.56. The van der Waals surface area contributed by atoms with Crippen LogP contribution >= 0.6 is 0 Å². The Morgan fingerprint density at radius 2 is 2.22 bits per heavy atom. The molecule has 0 saturated heterocycles. The van der Waals surface area contributed by atoms with Crippen molar-refractivity contribution in [1.82, 2.24) is 4.90 Å². The van der Waals surface area contributed by atoms with Gasteiger partial charge in [-0.2, -0.15) is 0 Å². The van der Waals surface area contributed by atoms with E-state index in [-0.39, 0.29) is 11.9 Å². The topological polar surface area (TPSA) is 38.8 Å². The van der Waals surface area contributed by atoms with Gasteiger partial charge in [0, 0.05) is 19.0 Å². The van der Waals surface area contributed by atoms with Gasteiger partial charge in [0.05, 0.1) is 5.56 Å². The fraction of sp³-hybridized carbons (Fsp3) is 0.500. The second kappa shape index (κ2) is 5.40. The Kier molecular flexibility index (Phi) is 3.87. The standard InChI is InChI=1S/C14H19NO3/c1-10-8-13(16)12-5-4-11(9-14(12)18-10)17-7-6-15(2)3/h4-5,9-10H,6-8H2,1-3H3. The second-order valence-electron chi connectivity index (χ2n) is 4.87. The molecule has 4 nitrogen and oxygen atoms in total. The van der Waals surface area contributed by atoms with Crippen LogP contribution in [0.2, 0.25) is 0 Å². The average molecular weight is 249 g/mol. The molecule has 0 radical (unpaired) electrons. The number of carbonyl (C=O) groups is 1. The summed E-state index contributed by atoms with van der Waals surface area (Å²) in [6.07, 6.45) is 0.399. The van der Waals surface area contributed by atoms with Crippen molar-refractivity contribution in [2.24, 2.45) is 0 Å². The number of carbonyl (C=O) groups excluding carboxylic acids is 1. The lowest BCUT2D eigenvalue weighted by Gasteiger charge is -2.22. The zero-order valence-electron chi connectivity index (χ0n) is 11.1. The van der Waals surface area contributed by atoms with Gasteiger partial charge in [-0.1, -0.05) is 0 Å². The quantitative estimate of drug-likeness (QED) is 0.818. The number of likely N-dealkylation sites (N-methyl/N-ethyl adjacent to an activating group) is 1. The number of ketones is 1. The lowest BCUT2D eigenvalue weighted by molar-refractivity contribution is 0.0870. The van der Waals surface area contributed by atoms with Gasteiger partial charge < -0.3 is 14.4 Å². The maximum atomic E-state index is 11.8.